The second-order valence-electron chi connectivity index (χ2n) is 4.93. The maximum absolute atomic E-state index is 11.9. The summed E-state index contributed by atoms with van der Waals surface area (Å²) in [6, 6.07) is 3.76. The van der Waals surface area contributed by atoms with Crippen molar-refractivity contribution in [3.05, 3.63) is 23.5 Å². The van der Waals surface area contributed by atoms with Gasteiger partial charge >= 0.3 is 0 Å². The van der Waals surface area contributed by atoms with E-state index in [1.165, 1.54) is 0 Å². The van der Waals surface area contributed by atoms with Crippen LogP contribution < -0.4 is 10.6 Å². The minimum absolute atomic E-state index is 0.0548. The number of hydrogen-bond acceptors (Lipinski definition) is 4. The highest BCUT2D eigenvalue weighted by Crippen LogP contribution is 2.17. The largest absolute Gasteiger partial charge is 0.396 e. The predicted octanol–water partition coefficient (Wildman–Crippen LogP) is 2.20. The Morgan fingerprint density at radius 2 is 2.20 bits per heavy atom. The molecule has 0 aliphatic carbocycles. The van der Waals surface area contributed by atoms with E-state index in [4.69, 9.17) is 16.7 Å². The normalized spacial score (nSPS) is 13.8. The molecule has 0 saturated carbocycles. The van der Waals surface area contributed by atoms with Crippen molar-refractivity contribution < 1.29 is 9.90 Å². The molecule has 20 heavy (non-hydrogen) atoms. The van der Waals surface area contributed by atoms with Crippen molar-refractivity contribution in [2.75, 3.05) is 11.9 Å². The molecule has 0 spiro atoms. The minimum atomic E-state index is -0.103. The molecule has 2 atom stereocenters. The summed E-state index contributed by atoms with van der Waals surface area (Å²) in [6.07, 6.45) is 3.58. The van der Waals surface area contributed by atoms with Gasteiger partial charge in [0.25, 0.3) is 0 Å². The zero-order valence-corrected chi connectivity index (χ0v) is 12.7. The molecule has 0 aliphatic rings. The zero-order chi connectivity index (χ0) is 15.0. The van der Waals surface area contributed by atoms with Crippen molar-refractivity contribution >= 4 is 23.2 Å². The first kappa shape index (κ1) is 16.9. The van der Waals surface area contributed by atoms with Gasteiger partial charge in [0.05, 0.1) is 5.69 Å². The molecular weight excluding hydrogens is 278 g/mol. The molecule has 6 heteroatoms. The van der Waals surface area contributed by atoms with Crippen LogP contribution in [0.3, 0.4) is 0 Å². The van der Waals surface area contributed by atoms with Crippen LogP contribution >= 0.6 is 11.6 Å². The number of aliphatic hydroxyl groups is 1. The van der Waals surface area contributed by atoms with Crippen LogP contribution in [0, 0.1) is 0 Å². The third-order valence-corrected chi connectivity index (χ3v) is 3.19. The molecule has 0 saturated heterocycles. The fourth-order valence-electron chi connectivity index (χ4n) is 1.98. The van der Waals surface area contributed by atoms with E-state index in [9.17, 15) is 4.79 Å². The molecule has 1 heterocycles. The number of anilines is 1. The van der Waals surface area contributed by atoms with Gasteiger partial charge in [0, 0.05) is 31.3 Å². The Labute approximate surface area is 124 Å². The lowest BCUT2D eigenvalue weighted by Crippen LogP contribution is -2.37. The van der Waals surface area contributed by atoms with E-state index < -0.39 is 0 Å². The summed E-state index contributed by atoms with van der Waals surface area (Å²) in [5.74, 6) is -0.103. The Morgan fingerprint density at radius 3 is 2.85 bits per heavy atom. The number of aliphatic hydroxyl groups excluding tert-OH is 1. The SMILES string of the molecule is CC(CCCO)NC(C)CC(=O)Nc1cccnc1Cl. The summed E-state index contributed by atoms with van der Waals surface area (Å²) in [4.78, 5) is 15.8. The van der Waals surface area contributed by atoms with E-state index in [2.05, 4.69) is 15.6 Å². The van der Waals surface area contributed by atoms with Gasteiger partial charge < -0.3 is 15.7 Å². The van der Waals surface area contributed by atoms with E-state index >= 15 is 0 Å². The Bertz CT molecular complexity index is 429. The zero-order valence-electron chi connectivity index (χ0n) is 11.9. The molecule has 1 amide bonds. The van der Waals surface area contributed by atoms with Gasteiger partial charge in [-0.05, 0) is 38.8 Å². The second-order valence-corrected chi connectivity index (χ2v) is 5.29. The standard InChI is InChI=1S/C14H22ClN3O2/c1-10(5-4-8-19)17-11(2)9-13(20)18-12-6-3-7-16-14(12)15/h3,6-7,10-11,17,19H,4-5,8-9H2,1-2H3,(H,18,20). The summed E-state index contributed by atoms with van der Waals surface area (Å²) in [5, 5.41) is 15.1. The average Bonchev–Trinajstić information content (AvgIpc) is 2.38. The van der Waals surface area contributed by atoms with Crippen molar-refractivity contribution in [2.24, 2.45) is 0 Å². The summed E-state index contributed by atoms with van der Waals surface area (Å²) >= 11 is 5.88. The Balaban J connectivity index is 2.36. The first-order valence-electron chi connectivity index (χ1n) is 6.80. The molecule has 1 aromatic heterocycles. The van der Waals surface area contributed by atoms with Crippen LogP contribution in [0.25, 0.3) is 0 Å². The highest BCUT2D eigenvalue weighted by Gasteiger charge is 2.13. The topological polar surface area (TPSA) is 74.2 Å². The molecular formula is C14H22ClN3O2. The smallest absolute Gasteiger partial charge is 0.226 e. The Kier molecular flexibility index (Phi) is 7.51. The number of pyridine rings is 1. The summed E-state index contributed by atoms with van der Waals surface area (Å²) in [6.45, 7) is 4.20. The van der Waals surface area contributed by atoms with Crippen LogP contribution in [0.2, 0.25) is 5.15 Å². The van der Waals surface area contributed by atoms with E-state index in [1.807, 2.05) is 13.8 Å². The summed E-state index contributed by atoms with van der Waals surface area (Å²) in [7, 11) is 0. The molecule has 0 aromatic carbocycles. The van der Waals surface area contributed by atoms with E-state index in [0.29, 0.717) is 12.1 Å². The van der Waals surface area contributed by atoms with E-state index in [-0.39, 0.29) is 29.8 Å². The lowest BCUT2D eigenvalue weighted by Gasteiger charge is -2.19. The first-order valence-corrected chi connectivity index (χ1v) is 7.18. The molecule has 1 aromatic rings. The summed E-state index contributed by atoms with van der Waals surface area (Å²) < 4.78 is 0. The van der Waals surface area contributed by atoms with Gasteiger partial charge in [0.15, 0.2) is 5.15 Å². The van der Waals surface area contributed by atoms with Crippen molar-refractivity contribution in [3.63, 3.8) is 0 Å². The van der Waals surface area contributed by atoms with Gasteiger partial charge in [-0.2, -0.15) is 0 Å². The molecule has 1 rings (SSSR count). The van der Waals surface area contributed by atoms with Gasteiger partial charge in [-0.1, -0.05) is 11.6 Å². The van der Waals surface area contributed by atoms with Crippen molar-refractivity contribution in [2.45, 2.75) is 45.2 Å². The maximum atomic E-state index is 11.9. The lowest BCUT2D eigenvalue weighted by atomic mass is 10.1. The van der Waals surface area contributed by atoms with Crippen LogP contribution in [0.4, 0.5) is 5.69 Å². The van der Waals surface area contributed by atoms with Gasteiger partial charge in [0.2, 0.25) is 5.91 Å². The molecule has 5 nitrogen and oxygen atoms in total. The molecule has 0 radical (unpaired) electrons. The minimum Gasteiger partial charge on any atom is -0.396 e. The average molecular weight is 300 g/mol. The molecule has 0 aliphatic heterocycles. The first-order chi connectivity index (χ1) is 9.52. The summed E-state index contributed by atoms with van der Waals surface area (Å²) in [5.41, 5.74) is 0.527. The number of nitrogens with zero attached hydrogens (tertiary/aromatic N) is 1. The number of aromatic nitrogens is 1. The Morgan fingerprint density at radius 1 is 1.45 bits per heavy atom. The van der Waals surface area contributed by atoms with Gasteiger partial charge in [-0.3, -0.25) is 4.79 Å². The number of halogens is 1. The number of carbonyl (C=O) groups excluding carboxylic acids is 1. The van der Waals surface area contributed by atoms with Crippen molar-refractivity contribution in [3.8, 4) is 0 Å². The van der Waals surface area contributed by atoms with Crippen LogP contribution in [0.1, 0.15) is 33.1 Å². The molecule has 0 bridgehead atoms. The van der Waals surface area contributed by atoms with Crippen molar-refractivity contribution in [1.29, 1.82) is 0 Å². The van der Waals surface area contributed by atoms with Gasteiger partial charge in [-0.25, -0.2) is 4.98 Å². The van der Waals surface area contributed by atoms with E-state index in [1.54, 1.807) is 18.3 Å². The number of nitrogens with one attached hydrogen (secondary N) is 2. The molecule has 112 valence electrons. The maximum Gasteiger partial charge on any atom is 0.226 e. The number of amides is 1. The number of carbonyl (C=O) groups is 1. The molecule has 3 N–H and O–H groups in total. The quantitative estimate of drug-likeness (QED) is 0.643. The van der Waals surface area contributed by atoms with Crippen LogP contribution in [0.15, 0.2) is 18.3 Å². The highest BCUT2D eigenvalue weighted by atomic mass is 35.5. The van der Waals surface area contributed by atoms with Crippen LogP contribution in [-0.2, 0) is 4.79 Å². The Hall–Kier alpha value is -1.17. The third-order valence-electron chi connectivity index (χ3n) is 2.89. The number of hydrogen-bond donors (Lipinski definition) is 3. The fourth-order valence-corrected chi connectivity index (χ4v) is 2.15. The van der Waals surface area contributed by atoms with Gasteiger partial charge in [-0.15, -0.1) is 0 Å². The predicted molar refractivity (Wildman–Crippen MR) is 80.9 cm³/mol. The monoisotopic (exact) mass is 299 g/mol. The van der Waals surface area contributed by atoms with E-state index in [0.717, 1.165) is 12.8 Å². The third kappa shape index (κ3) is 6.32. The lowest BCUT2D eigenvalue weighted by molar-refractivity contribution is -0.116. The fraction of sp³-hybridized carbons (Fsp3) is 0.571. The highest BCUT2D eigenvalue weighted by molar-refractivity contribution is 6.32. The van der Waals surface area contributed by atoms with Crippen molar-refractivity contribution in [1.82, 2.24) is 10.3 Å². The molecule has 2 unspecified atom stereocenters. The van der Waals surface area contributed by atoms with Crippen LogP contribution in [0.5, 0.6) is 0 Å². The van der Waals surface area contributed by atoms with Crippen LogP contribution in [-0.4, -0.2) is 34.7 Å². The van der Waals surface area contributed by atoms with Gasteiger partial charge in [0.1, 0.15) is 0 Å². The number of rotatable bonds is 8. The molecule has 0 fully saturated rings. The second kappa shape index (κ2) is 8.89.